The Balaban J connectivity index is 1.81. The number of ether oxygens (including phenoxy) is 2. The third-order valence-corrected chi connectivity index (χ3v) is 6.24. The highest BCUT2D eigenvalue weighted by Gasteiger charge is 2.54. The van der Waals surface area contributed by atoms with E-state index in [1.165, 1.54) is 25.2 Å². The number of nitrogen functional groups attached to an aromatic ring is 1. The average molecular weight is 417 g/mol. The molecule has 1 unspecified atom stereocenters. The molecule has 2 aliphatic rings. The average Bonchev–Trinajstić information content (AvgIpc) is 3.11. The minimum absolute atomic E-state index is 0.0782. The zero-order valence-corrected chi connectivity index (χ0v) is 16.6. The largest absolute Gasteiger partial charge is 0.472 e. The Morgan fingerprint density at radius 2 is 2.26 bits per heavy atom. The van der Waals surface area contributed by atoms with Gasteiger partial charge in [0.05, 0.1) is 6.61 Å². The van der Waals surface area contributed by atoms with E-state index in [9.17, 15) is 9.46 Å². The fourth-order valence-electron chi connectivity index (χ4n) is 3.21. The quantitative estimate of drug-likeness (QED) is 0.549. The molecule has 13 heteroatoms. The van der Waals surface area contributed by atoms with Gasteiger partial charge in [0.15, 0.2) is 28.4 Å². The Kier molecular flexibility index (Phi) is 4.91. The van der Waals surface area contributed by atoms with Crippen molar-refractivity contribution in [2.45, 2.75) is 48.8 Å². The monoisotopic (exact) mass is 417 g/mol. The molecule has 27 heavy (non-hydrogen) atoms. The maximum absolute atomic E-state index is 11.8. The number of anilines is 1. The number of thioether (sulfide) groups is 1. The van der Waals surface area contributed by atoms with Crippen molar-refractivity contribution >= 4 is 36.6 Å². The van der Waals surface area contributed by atoms with Gasteiger partial charge in [-0.3, -0.25) is 13.6 Å². The summed E-state index contributed by atoms with van der Waals surface area (Å²) in [7, 11) is -2.65. The molecule has 2 aliphatic heterocycles. The summed E-state index contributed by atoms with van der Waals surface area (Å²) in [6, 6.07) is 0. The van der Waals surface area contributed by atoms with Crippen molar-refractivity contribution in [2.75, 3.05) is 19.5 Å². The van der Waals surface area contributed by atoms with Gasteiger partial charge in [0.25, 0.3) is 0 Å². The van der Waals surface area contributed by atoms with Crippen molar-refractivity contribution in [2.24, 2.45) is 0 Å². The van der Waals surface area contributed by atoms with Crippen LogP contribution in [0, 0.1) is 0 Å². The lowest BCUT2D eigenvalue weighted by Gasteiger charge is -2.29. The Bertz CT molecular complexity index is 909. The predicted octanol–water partition coefficient (Wildman–Crippen LogP) is 1.34. The molecule has 2 fully saturated rings. The van der Waals surface area contributed by atoms with E-state index in [4.69, 9.17) is 24.3 Å². The second kappa shape index (κ2) is 6.96. The van der Waals surface area contributed by atoms with Crippen molar-refractivity contribution in [3.8, 4) is 0 Å². The molecule has 3 N–H and O–H groups in total. The molecule has 0 bridgehead atoms. The maximum Gasteiger partial charge on any atom is 0.472 e. The molecule has 2 saturated heterocycles. The summed E-state index contributed by atoms with van der Waals surface area (Å²) < 4.78 is 35.4. The molecular formula is C14H20N5O6PS. The normalized spacial score (nSPS) is 33.7. The molecule has 4 rings (SSSR count). The van der Waals surface area contributed by atoms with Crippen LogP contribution in [0.2, 0.25) is 0 Å². The molecule has 0 aromatic carbocycles. The van der Waals surface area contributed by atoms with Gasteiger partial charge in [-0.1, -0.05) is 25.6 Å². The van der Waals surface area contributed by atoms with Crippen LogP contribution in [-0.4, -0.2) is 61.7 Å². The van der Waals surface area contributed by atoms with E-state index in [2.05, 4.69) is 15.0 Å². The molecule has 148 valence electrons. The van der Waals surface area contributed by atoms with Crippen LogP contribution in [0.15, 0.2) is 11.5 Å². The molecule has 2 aromatic heterocycles. The maximum atomic E-state index is 11.8. The number of methoxy groups -OCH3 is 1. The van der Waals surface area contributed by atoms with Gasteiger partial charge in [-0.25, -0.2) is 19.5 Å². The first kappa shape index (κ1) is 19.1. The van der Waals surface area contributed by atoms with Gasteiger partial charge in [0, 0.05) is 12.4 Å². The molecule has 0 spiro atoms. The van der Waals surface area contributed by atoms with E-state index < -0.39 is 32.4 Å². The first-order valence-electron chi connectivity index (χ1n) is 8.30. The first-order valence-corrected chi connectivity index (χ1v) is 10.7. The standard InChI is InChI=1S/C14H20N5O6PS/c1-6(2)27-14-18-8-11(15)16-5-17-12(8)19(14)13-10(22-3)9-7(24-13)4-23-26(20,21)25-9/h5-7,9-10,13H,4H2,1-3H3,(H,20,21)(H2,15,16,17)/t7-,9-,10-,13-/m1/s1. The third-order valence-electron chi connectivity index (χ3n) is 4.28. The van der Waals surface area contributed by atoms with Crippen LogP contribution in [0.5, 0.6) is 0 Å². The van der Waals surface area contributed by atoms with Crippen LogP contribution in [0.4, 0.5) is 5.82 Å². The molecular weight excluding hydrogens is 397 g/mol. The van der Waals surface area contributed by atoms with Crippen molar-refractivity contribution in [3.63, 3.8) is 0 Å². The van der Waals surface area contributed by atoms with Gasteiger partial charge in [0.1, 0.15) is 24.6 Å². The Morgan fingerprint density at radius 1 is 1.48 bits per heavy atom. The minimum atomic E-state index is -4.14. The van der Waals surface area contributed by atoms with E-state index >= 15 is 0 Å². The fraction of sp³-hybridized carbons (Fsp3) is 0.643. The first-order chi connectivity index (χ1) is 12.8. The summed E-state index contributed by atoms with van der Waals surface area (Å²) in [5.74, 6) is 0.258. The van der Waals surface area contributed by atoms with Crippen LogP contribution in [0.3, 0.4) is 0 Å². The van der Waals surface area contributed by atoms with E-state index in [0.717, 1.165) is 0 Å². The highest BCUT2D eigenvalue weighted by Crippen LogP contribution is 2.53. The van der Waals surface area contributed by atoms with E-state index in [1.807, 2.05) is 13.8 Å². The zero-order chi connectivity index (χ0) is 19.3. The van der Waals surface area contributed by atoms with Gasteiger partial charge in [-0.15, -0.1) is 0 Å². The van der Waals surface area contributed by atoms with Crippen molar-refractivity contribution in [1.82, 2.24) is 19.5 Å². The number of rotatable bonds is 4. The molecule has 0 saturated carbocycles. The lowest BCUT2D eigenvalue weighted by atomic mass is 10.1. The summed E-state index contributed by atoms with van der Waals surface area (Å²) in [6.07, 6.45) is -1.34. The molecule has 5 atom stereocenters. The van der Waals surface area contributed by atoms with Crippen LogP contribution in [-0.2, 0) is 23.1 Å². The minimum Gasteiger partial charge on any atom is -0.382 e. The van der Waals surface area contributed by atoms with Crippen LogP contribution in [0.25, 0.3) is 11.2 Å². The van der Waals surface area contributed by atoms with Crippen LogP contribution in [0.1, 0.15) is 20.1 Å². The number of aromatic nitrogens is 4. The van der Waals surface area contributed by atoms with E-state index in [-0.39, 0.29) is 17.7 Å². The third kappa shape index (κ3) is 3.35. The molecule has 2 aromatic rings. The summed E-state index contributed by atoms with van der Waals surface area (Å²) >= 11 is 1.51. The van der Waals surface area contributed by atoms with Gasteiger partial charge < -0.3 is 20.1 Å². The molecule has 4 heterocycles. The number of phosphoric acid groups is 1. The highest BCUT2D eigenvalue weighted by molar-refractivity contribution is 7.99. The smallest absolute Gasteiger partial charge is 0.382 e. The van der Waals surface area contributed by atoms with E-state index in [0.29, 0.717) is 16.3 Å². The number of nitrogens with zero attached hydrogens (tertiary/aromatic N) is 4. The van der Waals surface area contributed by atoms with E-state index in [1.54, 1.807) is 4.57 Å². The van der Waals surface area contributed by atoms with Crippen LogP contribution < -0.4 is 5.73 Å². The summed E-state index contributed by atoms with van der Waals surface area (Å²) in [4.78, 5) is 22.6. The van der Waals surface area contributed by atoms with Gasteiger partial charge in [-0.2, -0.15) is 0 Å². The van der Waals surface area contributed by atoms with Gasteiger partial charge >= 0.3 is 7.82 Å². The topological polar surface area (TPSA) is 144 Å². The number of imidazole rings is 1. The van der Waals surface area contributed by atoms with Gasteiger partial charge in [0.2, 0.25) is 0 Å². The number of nitrogens with two attached hydrogens (primary N) is 1. The number of hydrogen-bond acceptors (Lipinski definition) is 10. The number of phosphoric ester groups is 1. The second-order valence-electron chi connectivity index (χ2n) is 6.46. The fourth-order valence-corrected chi connectivity index (χ4v) is 5.04. The molecule has 0 aliphatic carbocycles. The number of hydrogen-bond donors (Lipinski definition) is 2. The predicted molar refractivity (Wildman–Crippen MR) is 96.1 cm³/mol. The van der Waals surface area contributed by atoms with Crippen LogP contribution >= 0.6 is 19.6 Å². The highest BCUT2D eigenvalue weighted by atomic mass is 32.2. The molecule has 0 amide bonds. The Labute approximate surface area is 159 Å². The summed E-state index contributed by atoms with van der Waals surface area (Å²) in [5.41, 5.74) is 6.91. The number of fused-ring (bicyclic) bond motifs is 2. The molecule has 0 radical (unpaired) electrons. The lowest BCUT2D eigenvalue weighted by Crippen LogP contribution is -2.40. The molecule has 11 nitrogen and oxygen atoms in total. The summed E-state index contributed by atoms with van der Waals surface area (Å²) in [6.45, 7) is 3.99. The SMILES string of the molecule is CO[C@@H]1[C@@H]2OP(=O)(O)OC[C@H]2O[C@H]1n1c(SC(C)C)nc2c(N)ncnc21. The Hall–Kier alpha value is -1.27. The second-order valence-corrected chi connectivity index (χ2v) is 9.41. The van der Waals surface area contributed by atoms with Crippen molar-refractivity contribution < 1.29 is 28.0 Å². The van der Waals surface area contributed by atoms with Crippen molar-refractivity contribution in [1.29, 1.82) is 0 Å². The van der Waals surface area contributed by atoms with Crippen molar-refractivity contribution in [3.05, 3.63) is 6.33 Å². The summed E-state index contributed by atoms with van der Waals surface area (Å²) in [5, 5.41) is 0.864. The lowest BCUT2D eigenvalue weighted by molar-refractivity contribution is -0.0690. The zero-order valence-electron chi connectivity index (χ0n) is 14.9. The van der Waals surface area contributed by atoms with Gasteiger partial charge in [-0.05, 0) is 0 Å². The Morgan fingerprint density at radius 3 is 2.96 bits per heavy atom.